The van der Waals surface area contributed by atoms with E-state index in [1.807, 2.05) is 74.4 Å². The number of hydrogen-bond donors (Lipinski definition) is 1. The molecule has 1 saturated heterocycles. The molecule has 4 rings (SSSR count). The first kappa shape index (κ1) is 17.5. The molecule has 5 heteroatoms. The second-order valence-corrected chi connectivity index (χ2v) is 7.45. The first-order chi connectivity index (χ1) is 12.9. The van der Waals surface area contributed by atoms with Gasteiger partial charge in [0.1, 0.15) is 0 Å². The maximum atomic E-state index is 12.6. The van der Waals surface area contributed by atoms with Crippen molar-refractivity contribution in [2.24, 2.45) is 0 Å². The van der Waals surface area contributed by atoms with Crippen LogP contribution in [0.4, 0.5) is 0 Å². The Balaban J connectivity index is 1.60. The molecule has 0 spiro atoms. The van der Waals surface area contributed by atoms with Crippen LogP contribution in [-0.2, 0) is 0 Å². The number of carbonyl (C=O) groups is 1. The van der Waals surface area contributed by atoms with Crippen LogP contribution in [-0.4, -0.2) is 53.9 Å². The highest BCUT2D eigenvalue weighted by molar-refractivity contribution is 5.95. The average Bonchev–Trinajstić information content (AvgIpc) is 2.61. The number of rotatable bonds is 3. The summed E-state index contributed by atoms with van der Waals surface area (Å²) < 4.78 is 0. The van der Waals surface area contributed by atoms with E-state index in [-0.39, 0.29) is 11.5 Å². The number of likely N-dealkylation sites (N-methyl/N-ethyl adjacent to an activating group) is 1. The van der Waals surface area contributed by atoms with Crippen LogP contribution in [0.15, 0.2) is 53.3 Å². The molecule has 0 unspecified atom stereocenters. The average molecular weight is 361 g/mol. The fraction of sp³-hybridized carbons (Fsp3) is 0.273. The first-order valence-corrected chi connectivity index (χ1v) is 9.13. The second-order valence-electron chi connectivity index (χ2n) is 7.45. The highest BCUT2D eigenvalue weighted by Crippen LogP contribution is 2.23. The van der Waals surface area contributed by atoms with Crippen LogP contribution >= 0.6 is 0 Å². The first-order valence-electron chi connectivity index (χ1n) is 9.13. The minimum absolute atomic E-state index is 0.0579. The number of nitrogens with zero attached hydrogens (tertiary/aromatic N) is 2. The summed E-state index contributed by atoms with van der Waals surface area (Å²) in [5.41, 5.74) is 3.30. The van der Waals surface area contributed by atoms with Gasteiger partial charge >= 0.3 is 0 Å². The van der Waals surface area contributed by atoms with Crippen molar-refractivity contribution in [1.29, 1.82) is 0 Å². The number of aromatic nitrogens is 1. The fourth-order valence-corrected chi connectivity index (χ4v) is 3.52. The second kappa shape index (κ2) is 6.67. The topological polar surface area (TPSA) is 56.4 Å². The van der Waals surface area contributed by atoms with Crippen molar-refractivity contribution < 1.29 is 4.79 Å². The van der Waals surface area contributed by atoms with E-state index >= 15 is 0 Å². The molecule has 2 aromatic carbocycles. The number of benzene rings is 2. The zero-order chi connectivity index (χ0) is 19.1. The normalized spacial score (nSPS) is 14.6. The van der Waals surface area contributed by atoms with E-state index in [4.69, 9.17) is 0 Å². The fourth-order valence-electron chi connectivity index (χ4n) is 3.52. The summed E-state index contributed by atoms with van der Waals surface area (Å²) in [7, 11) is 4.07. The molecule has 1 amide bonds. The van der Waals surface area contributed by atoms with Crippen molar-refractivity contribution >= 4 is 16.7 Å². The van der Waals surface area contributed by atoms with Crippen LogP contribution in [0.25, 0.3) is 22.0 Å². The van der Waals surface area contributed by atoms with Crippen LogP contribution in [0.3, 0.4) is 0 Å². The van der Waals surface area contributed by atoms with Crippen LogP contribution in [0.5, 0.6) is 0 Å². The van der Waals surface area contributed by atoms with Gasteiger partial charge in [0.2, 0.25) is 0 Å². The summed E-state index contributed by atoms with van der Waals surface area (Å²) in [6, 6.07) is 15.6. The van der Waals surface area contributed by atoms with E-state index in [0.29, 0.717) is 17.0 Å². The van der Waals surface area contributed by atoms with Crippen LogP contribution in [0, 0.1) is 6.92 Å². The Hall–Kier alpha value is -2.92. The molecule has 0 radical (unpaired) electrons. The Morgan fingerprint density at radius 1 is 1.07 bits per heavy atom. The van der Waals surface area contributed by atoms with Gasteiger partial charge in [-0.05, 0) is 61.8 Å². The number of H-pyrrole nitrogens is 1. The van der Waals surface area contributed by atoms with Crippen LogP contribution in [0.1, 0.15) is 15.9 Å². The third-order valence-corrected chi connectivity index (χ3v) is 5.43. The van der Waals surface area contributed by atoms with Crippen LogP contribution in [0.2, 0.25) is 0 Å². The lowest BCUT2D eigenvalue weighted by atomic mass is 10.0. The highest BCUT2D eigenvalue weighted by atomic mass is 16.2. The number of carbonyl (C=O) groups excluding carboxylic acids is 1. The predicted octanol–water partition coefficient (Wildman–Crippen LogP) is 2.89. The summed E-state index contributed by atoms with van der Waals surface area (Å²) >= 11 is 0. The van der Waals surface area contributed by atoms with E-state index in [9.17, 15) is 9.59 Å². The molecular weight excluding hydrogens is 338 g/mol. The van der Waals surface area contributed by atoms with Crippen molar-refractivity contribution in [2.45, 2.75) is 13.0 Å². The molecule has 0 atom stereocenters. The maximum absolute atomic E-state index is 12.6. The highest BCUT2D eigenvalue weighted by Gasteiger charge is 2.32. The van der Waals surface area contributed by atoms with Gasteiger partial charge in [0.05, 0.1) is 0 Å². The number of aryl methyl sites for hydroxylation is 1. The van der Waals surface area contributed by atoms with Crippen molar-refractivity contribution in [2.75, 3.05) is 27.2 Å². The number of hydrogen-bond acceptors (Lipinski definition) is 3. The maximum Gasteiger partial charge on any atom is 0.256 e. The Morgan fingerprint density at radius 2 is 1.78 bits per heavy atom. The van der Waals surface area contributed by atoms with Gasteiger partial charge in [-0.3, -0.25) is 9.59 Å². The van der Waals surface area contributed by atoms with E-state index in [2.05, 4.69) is 9.88 Å². The van der Waals surface area contributed by atoms with Gasteiger partial charge in [0.15, 0.2) is 0 Å². The van der Waals surface area contributed by atoms with Gasteiger partial charge in [-0.2, -0.15) is 0 Å². The number of pyridine rings is 1. The number of likely N-dealkylation sites (tertiary alicyclic amines) is 1. The van der Waals surface area contributed by atoms with Crippen molar-refractivity contribution in [3.05, 3.63) is 70.0 Å². The smallest absolute Gasteiger partial charge is 0.256 e. The summed E-state index contributed by atoms with van der Waals surface area (Å²) in [4.78, 5) is 31.9. The number of amides is 1. The van der Waals surface area contributed by atoms with Gasteiger partial charge in [0, 0.05) is 35.8 Å². The molecule has 0 aliphatic carbocycles. The summed E-state index contributed by atoms with van der Waals surface area (Å²) in [5, 5.41) is 1.64. The summed E-state index contributed by atoms with van der Waals surface area (Å²) in [6.45, 7) is 3.54. The molecule has 1 aliphatic rings. The largest absolute Gasteiger partial charge is 0.335 e. The Bertz CT molecular complexity index is 1060. The lowest BCUT2D eigenvalue weighted by Gasteiger charge is -2.42. The summed E-state index contributed by atoms with van der Waals surface area (Å²) in [5.74, 6) is 0.0579. The van der Waals surface area contributed by atoms with E-state index in [1.54, 1.807) is 0 Å². The zero-order valence-corrected chi connectivity index (χ0v) is 15.8. The molecule has 0 bridgehead atoms. The quantitative estimate of drug-likeness (QED) is 0.780. The molecule has 1 aromatic heterocycles. The van der Waals surface area contributed by atoms with E-state index < -0.39 is 0 Å². The lowest BCUT2D eigenvalue weighted by molar-refractivity contribution is 0.0399. The number of fused-ring (bicyclic) bond motifs is 1. The standard InChI is InChI=1S/C22H23N3O2/c1-14-5-4-6-18-19(14)11-20(23-21(18)26)15-7-9-16(10-8-15)22(27)25-12-17(13-25)24(2)3/h4-11,17H,12-13H2,1-3H3,(H,23,26). The summed E-state index contributed by atoms with van der Waals surface area (Å²) in [6.07, 6.45) is 0. The van der Waals surface area contributed by atoms with E-state index in [0.717, 1.165) is 35.3 Å². The molecule has 1 fully saturated rings. The molecule has 3 aromatic rings. The predicted molar refractivity (Wildman–Crippen MR) is 108 cm³/mol. The molecule has 2 heterocycles. The molecule has 1 N–H and O–H groups in total. The molecule has 5 nitrogen and oxygen atoms in total. The Labute approximate surface area is 158 Å². The van der Waals surface area contributed by atoms with Crippen molar-refractivity contribution in [1.82, 2.24) is 14.8 Å². The third kappa shape index (κ3) is 3.15. The van der Waals surface area contributed by atoms with Gasteiger partial charge in [-0.25, -0.2) is 0 Å². The number of nitrogens with one attached hydrogen (secondary N) is 1. The molecule has 138 valence electrons. The van der Waals surface area contributed by atoms with Crippen molar-refractivity contribution in [3.8, 4) is 11.3 Å². The van der Waals surface area contributed by atoms with Gasteiger partial charge in [-0.15, -0.1) is 0 Å². The SMILES string of the molecule is Cc1cccc2c(=O)[nH]c(-c3ccc(C(=O)N4CC(N(C)C)C4)cc3)cc12. The molecule has 1 aliphatic heterocycles. The Kier molecular flexibility index (Phi) is 4.32. The Morgan fingerprint density at radius 3 is 2.44 bits per heavy atom. The van der Waals surface area contributed by atoms with Gasteiger partial charge in [-0.1, -0.05) is 24.3 Å². The minimum atomic E-state index is -0.0957. The van der Waals surface area contributed by atoms with Gasteiger partial charge in [0.25, 0.3) is 11.5 Å². The van der Waals surface area contributed by atoms with Crippen molar-refractivity contribution in [3.63, 3.8) is 0 Å². The molecular formula is C22H23N3O2. The van der Waals surface area contributed by atoms with Gasteiger partial charge < -0.3 is 14.8 Å². The number of aromatic amines is 1. The minimum Gasteiger partial charge on any atom is -0.335 e. The molecule has 27 heavy (non-hydrogen) atoms. The molecule has 0 saturated carbocycles. The lowest BCUT2D eigenvalue weighted by Crippen LogP contribution is -2.59. The third-order valence-electron chi connectivity index (χ3n) is 5.43. The van der Waals surface area contributed by atoms with Crippen LogP contribution < -0.4 is 5.56 Å². The van der Waals surface area contributed by atoms with E-state index in [1.165, 1.54) is 0 Å². The monoisotopic (exact) mass is 361 g/mol. The zero-order valence-electron chi connectivity index (χ0n) is 15.8.